The minimum absolute atomic E-state index is 0.00803. The van der Waals surface area contributed by atoms with E-state index in [9.17, 15) is 22.4 Å². The molecule has 4 aromatic rings. The van der Waals surface area contributed by atoms with Crippen LogP contribution in [0.3, 0.4) is 0 Å². The third-order valence-electron chi connectivity index (χ3n) is 6.83. The molecular weight excluding hydrogens is 569 g/mol. The predicted octanol–water partition coefficient (Wildman–Crippen LogP) is 4.81. The van der Waals surface area contributed by atoms with E-state index in [-0.39, 0.29) is 35.9 Å². The van der Waals surface area contributed by atoms with Crippen molar-refractivity contribution < 1.29 is 27.1 Å². The smallest absolute Gasteiger partial charge is 0.264 e. The monoisotopic (exact) mass is 603 g/mol. The summed E-state index contributed by atoms with van der Waals surface area (Å²) >= 11 is 0. The Labute approximate surface area is 251 Å². The number of benzene rings is 4. The van der Waals surface area contributed by atoms with Crippen molar-refractivity contribution in [1.82, 2.24) is 10.2 Å². The van der Waals surface area contributed by atoms with Crippen LogP contribution in [-0.2, 0) is 32.6 Å². The van der Waals surface area contributed by atoms with Crippen molar-refractivity contribution in [3.8, 4) is 5.75 Å². The van der Waals surface area contributed by atoms with E-state index < -0.39 is 40.2 Å². The zero-order chi connectivity index (χ0) is 30.8. The number of carbonyl (C=O) groups excluding carboxylic acids is 2. The molecule has 8 nitrogen and oxygen atoms in total. The molecule has 0 aromatic heterocycles. The Kier molecular flexibility index (Phi) is 10.5. The van der Waals surface area contributed by atoms with Crippen LogP contribution in [-0.4, -0.2) is 51.4 Å². The number of likely N-dealkylation sites (N-methyl/N-ethyl adjacent to an activating group) is 1. The van der Waals surface area contributed by atoms with Gasteiger partial charge in [-0.15, -0.1) is 0 Å². The molecule has 4 rings (SSSR count). The number of para-hydroxylation sites is 2. The summed E-state index contributed by atoms with van der Waals surface area (Å²) in [6.45, 7) is 1.37. The van der Waals surface area contributed by atoms with Crippen molar-refractivity contribution in [2.75, 3.05) is 24.5 Å². The maximum atomic E-state index is 14.3. The molecular formula is C33H34FN3O5S. The molecule has 1 N–H and O–H groups in total. The zero-order valence-electron chi connectivity index (χ0n) is 24.0. The summed E-state index contributed by atoms with van der Waals surface area (Å²) in [5.41, 5.74) is 1.56. The topological polar surface area (TPSA) is 96.0 Å². The number of anilines is 1. The van der Waals surface area contributed by atoms with Gasteiger partial charge in [0.05, 0.1) is 17.2 Å². The quantitative estimate of drug-likeness (QED) is 0.237. The average Bonchev–Trinajstić information content (AvgIpc) is 3.03. The van der Waals surface area contributed by atoms with E-state index >= 15 is 0 Å². The number of hydrogen-bond acceptors (Lipinski definition) is 5. The van der Waals surface area contributed by atoms with Gasteiger partial charge in [-0.2, -0.15) is 0 Å². The number of carbonyl (C=O) groups is 2. The molecule has 0 spiro atoms. The molecule has 0 aliphatic carbocycles. The molecule has 10 heteroatoms. The Bertz CT molecular complexity index is 1620. The number of rotatable bonds is 13. The molecule has 0 saturated carbocycles. The summed E-state index contributed by atoms with van der Waals surface area (Å²) in [4.78, 5) is 29.0. The highest BCUT2D eigenvalue weighted by Gasteiger charge is 2.35. The van der Waals surface area contributed by atoms with Crippen molar-refractivity contribution in [2.45, 2.75) is 30.8 Å². The van der Waals surface area contributed by atoms with E-state index in [2.05, 4.69) is 5.32 Å². The lowest BCUT2D eigenvalue weighted by Gasteiger charge is -2.34. The minimum Gasteiger partial charge on any atom is -0.492 e. The first kappa shape index (κ1) is 31.2. The number of amides is 2. The van der Waals surface area contributed by atoms with Gasteiger partial charge in [-0.25, -0.2) is 12.8 Å². The van der Waals surface area contributed by atoms with Crippen molar-refractivity contribution in [1.29, 1.82) is 0 Å². The summed E-state index contributed by atoms with van der Waals surface area (Å²) in [6.07, 6.45) is 0.175. The molecule has 224 valence electrons. The fourth-order valence-corrected chi connectivity index (χ4v) is 6.13. The molecule has 0 saturated heterocycles. The van der Waals surface area contributed by atoms with E-state index in [1.54, 1.807) is 49.4 Å². The minimum atomic E-state index is -4.26. The number of nitrogens with zero attached hydrogens (tertiary/aromatic N) is 2. The van der Waals surface area contributed by atoms with E-state index in [4.69, 9.17) is 4.74 Å². The summed E-state index contributed by atoms with van der Waals surface area (Å²) in [7, 11) is -2.78. The van der Waals surface area contributed by atoms with Gasteiger partial charge in [0.1, 0.15) is 24.2 Å². The van der Waals surface area contributed by atoms with Crippen LogP contribution in [0.4, 0.5) is 10.1 Å². The molecule has 0 aliphatic heterocycles. The van der Waals surface area contributed by atoms with E-state index in [1.165, 1.54) is 48.3 Å². The van der Waals surface area contributed by atoms with Crippen molar-refractivity contribution in [3.05, 3.63) is 126 Å². The van der Waals surface area contributed by atoms with Crippen LogP contribution in [0.1, 0.15) is 18.1 Å². The van der Waals surface area contributed by atoms with Gasteiger partial charge < -0.3 is 15.0 Å². The summed E-state index contributed by atoms with van der Waals surface area (Å²) in [5, 5.41) is 2.64. The first-order valence-corrected chi connectivity index (χ1v) is 15.3. The van der Waals surface area contributed by atoms with E-state index in [0.29, 0.717) is 5.56 Å². The zero-order valence-corrected chi connectivity index (χ0v) is 24.8. The van der Waals surface area contributed by atoms with Crippen molar-refractivity contribution in [3.63, 3.8) is 0 Å². The van der Waals surface area contributed by atoms with Crippen molar-refractivity contribution in [2.24, 2.45) is 0 Å². The van der Waals surface area contributed by atoms with Crippen LogP contribution >= 0.6 is 0 Å². The van der Waals surface area contributed by atoms with Crippen molar-refractivity contribution >= 4 is 27.5 Å². The van der Waals surface area contributed by atoms with E-state index in [0.717, 1.165) is 9.87 Å². The fraction of sp³-hybridized carbons (Fsp3) is 0.212. The number of halogens is 1. The number of ether oxygens (including phenoxy) is 1. The highest BCUT2D eigenvalue weighted by molar-refractivity contribution is 7.92. The van der Waals surface area contributed by atoms with Gasteiger partial charge in [-0.05, 0) is 54.4 Å². The summed E-state index contributed by atoms with van der Waals surface area (Å²) in [5.74, 6) is -1.21. The Hall–Kier alpha value is -4.70. The second-order valence-corrected chi connectivity index (χ2v) is 11.6. The lowest BCUT2D eigenvalue weighted by atomic mass is 10.0. The van der Waals surface area contributed by atoms with Gasteiger partial charge in [0, 0.05) is 20.0 Å². The first-order valence-electron chi connectivity index (χ1n) is 13.8. The van der Waals surface area contributed by atoms with Crippen LogP contribution in [0.5, 0.6) is 5.75 Å². The number of sulfonamides is 1. The van der Waals surface area contributed by atoms with Crippen LogP contribution < -0.4 is 14.4 Å². The molecule has 0 radical (unpaired) electrons. The lowest BCUT2D eigenvalue weighted by Crippen LogP contribution is -2.53. The first-order chi connectivity index (χ1) is 20.7. The Balaban J connectivity index is 1.81. The molecule has 1 unspecified atom stereocenters. The third kappa shape index (κ3) is 7.78. The fourth-order valence-electron chi connectivity index (χ4n) is 4.68. The molecule has 0 fully saturated rings. The Morgan fingerprint density at radius 1 is 0.837 bits per heavy atom. The van der Waals surface area contributed by atoms with Crippen LogP contribution in [0.25, 0.3) is 0 Å². The summed E-state index contributed by atoms with van der Waals surface area (Å²) < 4.78 is 48.6. The van der Waals surface area contributed by atoms with Gasteiger partial charge >= 0.3 is 0 Å². The van der Waals surface area contributed by atoms with Gasteiger partial charge in [0.15, 0.2) is 0 Å². The SMILES string of the molecule is CCOc1ccccc1N(CC(=O)N(Cc1ccc(F)cc1)C(Cc1ccccc1)C(=O)NC)S(=O)(=O)c1ccccc1. The van der Waals surface area contributed by atoms with Gasteiger partial charge in [0.25, 0.3) is 10.0 Å². The van der Waals surface area contributed by atoms with Gasteiger partial charge in [-0.1, -0.05) is 72.8 Å². The van der Waals surface area contributed by atoms with Crippen LogP contribution in [0.15, 0.2) is 114 Å². The second-order valence-electron chi connectivity index (χ2n) is 9.69. The highest BCUT2D eigenvalue weighted by atomic mass is 32.2. The average molecular weight is 604 g/mol. The van der Waals surface area contributed by atoms with E-state index in [1.807, 2.05) is 30.3 Å². The van der Waals surface area contributed by atoms with Crippen LogP contribution in [0, 0.1) is 5.82 Å². The summed E-state index contributed by atoms with van der Waals surface area (Å²) in [6, 6.07) is 28.2. The molecule has 43 heavy (non-hydrogen) atoms. The van der Waals surface area contributed by atoms with Gasteiger partial charge in [0.2, 0.25) is 11.8 Å². The molecule has 2 amide bonds. The van der Waals surface area contributed by atoms with Crippen LogP contribution in [0.2, 0.25) is 0 Å². The standard InChI is InChI=1S/C33H34FN3O5S/c1-3-42-31-17-11-10-16-29(31)37(43(40,41)28-14-8-5-9-15-28)24-32(38)36(23-26-18-20-27(34)21-19-26)30(33(39)35-2)22-25-12-6-4-7-13-25/h4-21,30H,3,22-24H2,1-2H3,(H,35,39). The molecule has 0 bridgehead atoms. The Morgan fingerprint density at radius 3 is 2.07 bits per heavy atom. The highest BCUT2D eigenvalue weighted by Crippen LogP contribution is 2.33. The molecule has 0 heterocycles. The Morgan fingerprint density at radius 2 is 1.44 bits per heavy atom. The normalized spacial score (nSPS) is 11.8. The number of nitrogens with one attached hydrogen (secondary N) is 1. The largest absolute Gasteiger partial charge is 0.492 e. The predicted molar refractivity (Wildman–Crippen MR) is 164 cm³/mol. The molecule has 4 aromatic carbocycles. The maximum Gasteiger partial charge on any atom is 0.264 e. The maximum absolute atomic E-state index is 14.3. The second kappa shape index (κ2) is 14.5. The van der Waals surface area contributed by atoms with Gasteiger partial charge in [-0.3, -0.25) is 13.9 Å². The molecule has 0 aliphatic rings. The lowest BCUT2D eigenvalue weighted by molar-refractivity contribution is -0.139. The molecule has 1 atom stereocenters. The number of hydrogen-bond donors (Lipinski definition) is 1. The third-order valence-corrected chi connectivity index (χ3v) is 8.60.